The number of rotatable bonds is 7. The van der Waals surface area contributed by atoms with E-state index in [0.29, 0.717) is 0 Å². The van der Waals surface area contributed by atoms with E-state index in [1.54, 1.807) is 12.1 Å². The standard InChI is InChI=1S/C12H20N2O4S2/c1-4-13-11-5-7-12(8-6-11)20(17,18)14(2)9-10-19(3,15)16/h5-8,13H,4,9-10H2,1-3H3. The van der Waals surface area contributed by atoms with Crippen LogP contribution in [0.5, 0.6) is 0 Å². The van der Waals surface area contributed by atoms with Gasteiger partial charge in [-0.3, -0.25) is 0 Å². The Hall–Kier alpha value is -1.12. The summed E-state index contributed by atoms with van der Waals surface area (Å²) in [6, 6.07) is 6.37. The minimum Gasteiger partial charge on any atom is -0.385 e. The maximum absolute atomic E-state index is 12.2. The Balaban J connectivity index is 2.87. The van der Waals surface area contributed by atoms with E-state index >= 15 is 0 Å². The van der Waals surface area contributed by atoms with Crippen LogP contribution in [0.2, 0.25) is 0 Å². The maximum atomic E-state index is 12.2. The third-order valence-electron chi connectivity index (χ3n) is 2.72. The molecule has 0 aliphatic heterocycles. The number of benzene rings is 1. The fraction of sp³-hybridized carbons (Fsp3) is 0.500. The SMILES string of the molecule is CCNc1ccc(S(=O)(=O)N(C)CCS(C)(=O)=O)cc1. The first-order valence-corrected chi connectivity index (χ1v) is 9.65. The molecule has 1 aromatic rings. The number of sulfone groups is 1. The molecule has 0 saturated carbocycles. The second-order valence-electron chi connectivity index (χ2n) is 4.51. The van der Waals surface area contributed by atoms with Crippen LogP contribution in [0.25, 0.3) is 0 Å². The number of anilines is 1. The summed E-state index contributed by atoms with van der Waals surface area (Å²) >= 11 is 0. The highest BCUT2D eigenvalue weighted by Gasteiger charge is 2.21. The van der Waals surface area contributed by atoms with Crippen LogP contribution >= 0.6 is 0 Å². The number of nitrogens with zero attached hydrogens (tertiary/aromatic N) is 1. The van der Waals surface area contributed by atoms with Crippen LogP contribution in [-0.4, -0.2) is 53.3 Å². The smallest absolute Gasteiger partial charge is 0.242 e. The van der Waals surface area contributed by atoms with E-state index < -0.39 is 19.9 Å². The molecule has 0 heterocycles. The molecule has 0 aliphatic rings. The molecule has 0 aromatic heterocycles. The number of sulfonamides is 1. The monoisotopic (exact) mass is 320 g/mol. The lowest BCUT2D eigenvalue weighted by atomic mass is 10.3. The van der Waals surface area contributed by atoms with E-state index in [9.17, 15) is 16.8 Å². The third-order valence-corrected chi connectivity index (χ3v) is 5.52. The Labute approximate surface area is 120 Å². The quantitative estimate of drug-likeness (QED) is 0.803. The number of nitrogens with one attached hydrogen (secondary N) is 1. The van der Waals surface area contributed by atoms with Gasteiger partial charge in [0.25, 0.3) is 0 Å². The summed E-state index contributed by atoms with van der Waals surface area (Å²) in [4.78, 5) is 0.148. The van der Waals surface area contributed by atoms with Gasteiger partial charge in [0, 0.05) is 32.1 Å². The van der Waals surface area contributed by atoms with Crippen molar-refractivity contribution in [1.29, 1.82) is 0 Å². The second kappa shape index (κ2) is 6.55. The molecule has 1 aromatic carbocycles. The molecular weight excluding hydrogens is 300 g/mol. The Kier molecular flexibility index (Phi) is 5.55. The zero-order chi connectivity index (χ0) is 15.4. The molecule has 0 aliphatic carbocycles. The van der Waals surface area contributed by atoms with Gasteiger partial charge in [-0.25, -0.2) is 16.8 Å². The van der Waals surface area contributed by atoms with Crippen LogP contribution in [-0.2, 0) is 19.9 Å². The fourth-order valence-electron chi connectivity index (χ4n) is 1.54. The molecule has 20 heavy (non-hydrogen) atoms. The zero-order valence-corrected chi connectivity index (χ0v) is 13.5. The van der Waals surface area contributed by atoms with E-state index in [1.165, 1.54) is 19.2 Å². The lowest BCUT2D eigenvalue weighted by Gasteiger charge is -2.17. The van der Waals surface area contributed by atoms with Crippen LogP contribution in [0.4, 0.5) is 5.69 Å². The molecule has 0 saturated heterocycles. The molecule has 0 fully saturated rings. The summed E-state index contributed by atoms with van der Waals surface area (Å²) in [6.45, 7) is 2.64. The van der Waals surface area contributed by atoms with Crippen LogP contribution in [0.3, 0.4) is 0 Å². The van der Waals surface area contributed by atoms with Crippen molar-refractivity contribution in [2.45, 2.75) is 11.8 Å². The highest BCUT2D eigenvalue weighted by Crippen LogP contribution is 2.17. The molecule has 0 radical (unpaired) electrons. The predicted octanol–water partition coefficient (Wildman–Crippen LogP) is 0.783. The zero-order valence-electron chi connectivity index (χ0n) is 11.8. The van der Waals surface area contributed by atoms with E-state index in [2.05, 4.69) is 5.32 Å². The van der Waals surface area contributed by atoms with Crippen molar-refractivity contribution in [3.05, 3.63) is 24.3 Å². The van der Waals surface area contributed by atoms with E-state index in [0.717, 1.165) is 22.8 Å². The summed E-state index contributed by atoms with van der Waals surface area (Å²) in [5.41, 5.74) is 0.838. The molecule has 8 heteroatoms. The highest BCUT2D eigenvalue weighted by atomic mass is 32.2. The molecule has 1 rings (SSSR count). The first kappa shape index (κ1) is 16.9. The van der Waals surface area contributed by atoms with Gasteiger partial charge in [-0.05, 0) is 31.2 Å². The normalized spacial score (nSPS) is 12.6. The van der Waals surface area contributed by atoms with Gasteiger partial charge in [-0.2, -0.15) is 4.31 Å². The van der Waals surface area contributed by atoms with Crippen LogP contribution in [0.1, 0.15) is 6.92 Å². The summed E-state index contributed by atoms with van der Waals surface area (Å²) in [6.07, 6.45) is 1.08. The minimum absolute atomic E-state index is 0.0594. The van der Waals surface area contributed by atoms with Gasteiger partial charge >= 0.3 is 0 Å². The van der Waals surface area contributed by atoms with E-state index in [4.69, 9.17) is 0 Å². The molecule has 114 valence electrons. The summed E-state index contributed by atoms with van der Waals surface area (Å²) in [5, 5.41) is 3.07. The van der Waals surface area contributed by atoms with Crippen LogP contribution in [0, 0.1) is 0 Å². The van der Waals surface area contributed by atoms with Gasteiger partial charge in [0.15, 0.2) is 0 Å². The summed E-state index contributed by atoms with van der Waals surface area (Å²) in [7, 11) is -5.47. The lowest BCUT2D eigenvalue weighted by Crippen LogP contribution is -2.31. The van der Waals surface area contributed by atoms with Gasteiger partial charge in [-0.15, -0.1) is 0 Å². The number of hydrogen-bond acceptors (Lipinski definition) is 5. The molecule has 0 atom stereocenters. The maximum Gasteiger partial charge on any atom is 0.242 e. The highest BCUT2D eigenvalue weighted by molar-refractivity contribution is 7.91. The Bertz CT molecular complexity index is 637. The van der Waals surface area contributed by atoms with Gasteiger partial charge in [-0.1, -0.05) is 0 Å². The van der Waals surface area contributed by atoms with Crippen LogP contribution < -0.4 is 5.32 Å². The van der Waals surface area contributed by atoms with Crippen molar-refractivity contribution in [2.75, 3.05) is 37.5 Å². The van der Waals surface area contributed by atoms with E-state index in [-0.39, 0.29) is 17.2 Å². The summed E-state index contributed by atoms with van der Waals surface area (Å²) in [5.74, 6) is -0.196. The first-order valence-electron chi connectivity index (χ1n) is 6.15. The molecule has 0 spiro atoms. The molecule has 6 nitrogen and oxygen atoms in total. The van der Waals surface area contributed by atoms with Crippen molar-refractivity contribution in [1.82, 2.24) is 4.31 Å². The predicted molar refractivity (Wildman–Crippen MR) is 80.1 cm³/mol. The Morgan fingerprint density at radius 1 is 1.10 bits per heavy atom. The molecule has 0 bridgehead atoms. The largest absolute Gasteiger partial charge is 0.385 e. The van der Waals surface area contributed by atoms with Crippen molar-refractivity contribution in [3.8, 4) is 0 Å². The van der Waals surface area contributed by atoms with Crippen LogP contribution in [0.15, 0.2) is 29.2 Å². The molecule has 0 unspecified atom stereocenters. The molecule has 1 N–H and O–H groups in total. The molecule has 0 amide bonds. The lowest BCUT2D eigenvalue weighted by molar-refractivity contribution is 0.485. The molecular formula is C12H20N2O4S2. The minimum atomic E-state index is -3.65. The Morgan fingerprint density at radius 3 is 2.10 bits per heavy atom. The third kappa shape index (κ3) is 4.77. The van der Waals surface area contributed by atoms with Crippen molar-refractivity contribution in [3.63, 3.8) is 0 Å². The van der Waals surface area contributed by atoms with E-state index in [1.807, 2.05) is 6.92 Å². The average Bonchev–Trinajstić information content (AvgIpc) is 2.36. The van der Waals surface area contributed by atoms with Crippen molar-refractivity contribution < 1.29 is 16.8 Å². The summed E-state index contributed by atoms with van der Waals surface area (Å²) < 4.78 is 47.7. The fourth-order valence-corrected chi connectivity index (χ4v) is 3.44. The average molecular weight is 320 g/mol. The van der Waals surface area contributed by atoms with Gasteiger partial charge in [0.1, 0.15) is 9.84 Å². The number of hydrogen-bond donors (Lipinski definition) is 1. The van der Waals surface area contributed by atoms with Crippen molar-refractivity contribution >= 4 is 25.5 Å². The van der Waals surface area contributed by atoms with Gasteiger partial charge < -0.3 is 5.32 Å². The van der Waals surface area contributed by atoms with Crippen molar-refractivity contribution in [2.24, 2.45) is 0 Å². The van der Waals surface area contributed by atoms with Gasteiger partial charge in [0.05, 0.1) is 10.6 Å². The second-order valence-corrected chi connectivity index (χ2v) is 8.82. The first-order chi connectivity index (χ1) is 9.16. The Morgan fingerprint density at radius 2 is 1.65 bits per heavy atom. The van der Waals surface area contributed by atoms with Gasteiger partial charge in [0.2, 0.25) is 10.0 Å². The topological polar surface area (TPSA) is 83.6 Å².